The number of rotatable bonds is 6. The van der Waals surface area contributed by atoms with Crippen molar-refractivity contribution in [2.24, 2.45) is 5.92 Å². The average molecular weight is 294 g/mol. The van der Waals surface area contributed by atoms with Crippen LogP contribution in [0.4, 0.5) is 0 Å². The second-order valence-corrected chi connectivity index (χ2v) is 6.91. The van der Waals surface area contributed by atoms with Gasteiger partial charge in [0.2, 0.25) is 10.0 Å². The Morgan fingerprint density at radius 3 is 2.80 bits per heavy atom. The number of hydrogen-bond donors (Lipinski definition) is 1. The van der Waals surface area contributed by atoms with Gasteiger partial charge in [0.15, 0.2) is 0 Å². The van der Waals surface area contributed by atoms with Crippen LogP contribution in [0, 0.1) is 5.92 Å². The van der Waals surface area contributed by atoms with E-state index in [2.05, 4.69) is 9.71 Å². The lowest BCUT2D eigenvalue weighted by Crippen LogP contribution is -2.28. The highest BCUT2D eigenvalue weighted by atomic mass is 32.2. The van der Waals surface area contributed by atoms with E-state index >= 15 is 0 Å². The van der Waals surface area contributed by atoms with Crippen LogP contribution in [0.2, 0.25) is 0 Å². The first-order valence-corrected chi connectivity index (χ1v) is 8.06. The summed E-state index contributed by atoms with van der Waals surface area (Å²) >= 11 is 0. The van der Waals surface area contributed by atoms with Gasteiger partial charge < -0.3 is 4.42 Å². The Bertz CT molecular complexity index is 649. The van der Waals surface area contributed by atoms with E-state index < -0.39 is 10.0 Å². The van der Waals surface area contributed by atoms with E-state index in [-0.39, 0.29) is 18.2 Å². The van der Waals surface area contributed by atoms with Crippen LogP contribution >= 0.6 is 0 Å². The van der Waals surface area contributed by atoms with Crippen LogP contribution in [0.1, 0.15) is 19.4 Å². The summed E-state index contributed by atoms with van der Waals surface area (Å²) in [5.74, 6) is 0.933. The van der Waals surface area contributed by atoms with Gasteiger partial charge in [-0.1, -0.05) is 13.8 Å². The van der Waals surface area contributed by atoms with Gasteiger partial charge in [0, 0.05) is 24.5 Å². The maximum absolute atomic E-state index is 11.8. The van der Waals surface area contributed by atoms with E-state index in [9.17, 15) is 8.42 Å². The fraction of sp³-hybridized carbons (Fsp3) is 0.357. The molecule has 1 N–H and O–H groups in total. The molecule has 0 radical (unpaired) electrons. The number of furan rings is 1. The predicted octanol–water partition coefficient (Wildman–Crippen LogP) is 2.42. The molecule has 0 spiro atoms. The van der Waals surface area contributed by atoms with Gasteiger partial charge in [0.25, 0.3) is 0 Å². The van der Waals surface area contributed by atoms with Crippen LogP contribution < -0.4 is 4.72 Å². The second kappa shape index (κ2) is 6.19. The molecule has 2 heterocycles. The standard InChI is InChI=1S/C14H18N2O3S/c1-11(2)10-20(17,18)16-8-12-6-13(9-15-7-12)14-4-3-5-19-14/h3-7,9,11,16H,8,10H2,1-2H3. The molecule has 2 aromatic heterocycles. The fourth-order valence-electron chi connectivity index (χ4n) is 1.85. The van der Waals surface area contributed by atoms with E-state index in [0.29, 0.717) is 5.76 Å². The minimum absolute atomic E-state index is 0.0973. The number of sulfonamides is 1. The van der Waals surface area contributed by atoms with Gasteiger partial charge in [-0.05, 0) is 29.7 Å². The van der Waals surface area contributed by atoms with Crippen molar-refractivity contribution in [1.29, 1.82) is 0 Å². The van der Waals surface area contributed by atoms with Crippen molar-refractivity contribution < 1.29 is 12.8 Å². The molecular weight excluding hydrogens is 276 g/mol. The van der Waals surface area contributed by atoms with Crippen LogP contribution in [-0.2, 0) is 16.6 Å². The minimum atomic E-state index is -3.25. The number of aromatic nitrogens is 1. The van der Waals surface area contributed by atoms with Crippen LogP contribution in [0.15, 0.2) is 41.3 Å². The Labute approximate surface area is 119 Å². The van der Waals surface area contributed by atoms with Crippen LogP contribution in [0.25, 0.3) is 11.3 Å². The van der Waals surface area contributed by atoms with Crippen molar-refractivity contribution in [2.45, 2.75) is 20.4 Å². The number of hydrogen-bond acceptors (Lipinski definition) is 4. The molecule has 0 amide bonds. The largest absolute Gasteiger partial charge is 0.464 e. The molecule has 0 aliphatic heterocycles. The van der Waals surface area contributed by atoms with Crippen molar-refractivity contribution in [2.75, 3.05) is 5.75 Å². The van der Waals surface area contributed by atoms with Crippen LogP contribution in [0.3, 0.4) is 0 Å². The van der Waals surface area contributed by atoms with Gasteiger partial charge in [-0.2, -0.15) is 0 Å². The molecule has 108 valence electrons. The zero-order chi connectivity index (χ0) is 14.6. The van der Waals surface area contributed by atoms with Crippen molar-refractivity contribution in [3.63, 3.8) is 0 Å². The van der Waals surface area contributed by atoms with E-state index in [1.165, 1.54) is 0 Å². The summed E-state index contributed by atoms with van der Waals surface area (Å²) in [4.78, 5) is 4.11. The predicted molar refractivity (Wildman–Crippen MR) is 77.4 cm³/mol. The molecular formula is C14H18N2O3S. The van der Waals surface area contributed by atoms with Gasteiger partial charge >= 0.3 is 0 Å². The fourth-order valence-corrected chi connectivity index (χ4v) is 3.23. The molecule has 0 fully saturated rings. The highest BCUT2D eigenvalue weighted by molar-refractivity contribution is 7.89. The van der Waals surface area contributed by atoms with Crippen LogP contribution in [0.5, 0.6) is 0 Å². The summed E-state index contributed by atoms with van der Waals surface area (Å²) in [6.45, 7) is 3.98. The summed E-state index contributed by atoms with van der Waals surface area (Å²) in [6, 6.07) is 5.50. The Hall–Kier alpha value is -1.66. The van der Waals surface area contributed by atoms with E-state index in [1.54, 1.807) is 24.7 Å². The van der Waals surface area contributed by atoms with Crippen LogP contribution in [-0.4, -0.2) is 19.2 Å². The molecule has 2 rings (SSSR count). The second-order valence-electron chi connectivity index (χ2n) is 5.06. The Morgan fingerprint density at radius 1 is 1.35 bits per heavy atom. The van der Waals surface area contributed by atoms with Gasteiger partial charge in [0.05, 0.1) is 12.0 Å². The lowest BCUT2D eigenvalue weighted by Gasteiger charge is -2.09. The lowest BCUT2D eigenvalue weighted by atomic mass is 10.2. The normalized spacial score (nSPS) is 11.9. The zero-order valence-electron chi connectivity index (χ0n) is 11.5. The molecule has 0 aliphatic carbocycles. The molecule has 0 bridgehead atoms. The average Bonchev–Trinajstić information content (AvgIpc) is 2.89. The first-order valence-electron chi connectivity index (χ1n) is 6.41. The third-order valence-electron chi connectivity index (χ3n) is 2.65. The highest BCUT2D eigenvalue weighted by Crippen LogP contribution is 2.19. The minimum Gasteiger partial charge on any atom is -0.464 e. The number of nitrogens with one attached hydrogen (secondary N) is 1. The monoisotopic (exact) mass is 294 g/mol. The maximum Gasteiger partial charge on any atom is 0.212 e. The first-order chi connectivity index (χ1) is 9.46. The molecule has 0 atom stereocenters. The van der Waals surface area contributed by atoms with Crippen molar-refractivity contribution in [3.05, 3.63) is 42.4 Å². The first kappa shape index (κ1) is 14.7. The molecule has 2 aromatic rings. The molecule has 0 aromatic carbocycles. The quantitative estimate of drug-likeness (QED) is 0.888. The van der Waals surface area contributed by atoms with Crippen molar-refractivity contribution in [3.8, 4) is 11.3 Å². The topological polar surface area (TPSA) is 72.2 Å². The van der Waals surface area contributed by atoms with Gasteiger partial charge in [-0.3, -0.25) is 4.98 Å². The zero-order valence-corrected chi connectivity index (χ0v) is 12.4. The number of pyridine rings is 1. The van der Waals surface area contributed by atoms with Crippen molar-refractivity contribution >= 4 is 10.0 Å². The molecule has 0 saturated heterocycles. The SMILES string of the molecule is CC(C)CS(=O)(=O)NCc1cncc(-c2ccco2)c1. The summed E-state index contributed by atoms with van der Waals surface area (Å²) in [7, 11) is -3.25. The summed E-state index contributed by atoms with van der Waals surface area (Å²) < 4.78 is 31.4. The molecule has 0 saturated carbocycles. The van der Waals surface area contributed by atoms with E-state index in [0.717, 1.165) is 11.1 Å². The smallest absolute Gasteiger partial charge is 0.212 e. The van der Waals surface area contributed by atoms with Gasteiger partial charge in [-0.15, -0.1) is 0 Å². The number of nitrogens with zero attached hydrogens (tertiary/aromatic N) is 1. The summed E-state index contributed by atoms with van der Waals surface area (Å²) in [5.41, 5.74) is 1.63. The van der Waals surface area contributed by atoms with Gasteiger partial charge in [0.1, 0.15) is 5.76 Å². The summed E-state index contributed by atoms with van der Waals surface area (Å²) in [5, 5.41) is 0. The maximum atomic E-state index is 11.8. The Balaban J connectivity index is 2.06. The molecule has 6 heteroatoms. The Morgan fingerprint density at radius 2 is 2.15 bits per heavy atom. The van der Waals surface area contributed by atoms with Crippen molar-refractivity contribution in [1.82, 2.24) is 9.71 Å². The third kappa shape index (κ3) is 4.18. The Kier molecular flexibility index (Phi) is 4.57. The molecule has 0 unspecified atom stereocenters. The lowest BCUT2D eigenvalue weighted by molar-refractivity contribution is 0.567. The molecule has 20 heavy (non-hydrogen) atoms. The van der Waals surface area contributed by atoms with E-state index in [4.69, 9.17) is 4.42 Å². The molecule has 0 aliphatic rings. The molecule has 5 nitrogen and oxygen atoms in total. The third-order valence-corrected chi connectivity index (χ3v) is 4.34. The van der Waals surface area contributed by atoms with E-state index in [1.807, 2.05) is 26.0 Å². The summed E-state index contributed by atoms with van der Waals surface area (Å²) in [6.07, 6.45) is 4.92. The highest BCUT2D eigenvalue weighted by Gasteiger charge is 2.12. The van der Waals surface area contributed by atoms with Gasteiger partial charge in [-0.25, -0.2) is 13.1 Å².